The maximum atomic E-state index is 13.4. The second-order valence-electron chi connectivity index (χ2n) is 14.6. The molecule has 4 aliphatic carbocycles. The van der Waals surface area contributed by atoms with Gasteiger partial charge in [-0.05, 0) is 87.0 Å². The normalized spacial score (nSPS) is 33.0. The number of carbonyl (C=O) groups excluding carboxylic acids is 7. The number of hydrogen-bond donors (Lipinski definition) is 2. The number of hydrogen-bond acceptors (Lipinski definition) is 10. The van der Waals surface area contributed by atoms with Gasteiger partial charge < -0.3 is 20.0 Å². The fraction of sp³-hybridized carbons (Fsp3) is 0.743. The Hall–Kier alpha value is -3.41. The van der Waals surface area contributed by atoms with E-state index in [0.29, 0.717) is 62.0 Å². The van der Waals surface area contributed by atoms with Gasteiger partial charge in [-0.3, -0.25) is 28.8 Å². The van der Waals surface area contributed by atoms with Crippen LogP contribution in [0, 0.1) is 28.6 Å². The number of fused-ring (bicyclic) bond motifs is 5. The van der Waals surface area contributed by atoms with E-state index in [9.17, 15) is 38.7 Å². The van der Waals surface area contributed by atoms with Gasteiger partial charge in [0.2, 0.25) is 11.7 Å². The minimum absolute atomic E-state index is 0.000600. The third kappa shape index (κ3) is 6.93. The van der Waals surface area contributed by atoms with E-state index < -0.39 is 47.2 Å². The standard InChI is InChI=1S/C35H48N2O10/c1-33-16-13-23(38)20-22(33)7-8-24-25(33)14-17-34(2)26(24)15-18-35(34,45)27(39)21-46-31(43)12-9-28(40)36-19-5-3-4-6-32(44)47-37-29(41)10-11-30(37)42/h20,24-26,45H,3-19,21H2,1-2H3,(H,36,40)/t24-,25?,26?,33+,34+,35+/m1/s1. The summed E-state index contributed by atoms with van der Waals surface area (Å²) in [6, 6.07) is 0. The molecule has 5 rings (SSSR count). The van der Waals surface area contributed by atoms with Crippen molar-refractivity contribution in [1.29, 1.82) is 0 Å². The van der Waals surface area contributed by atoms with Crippen LogP contribution in [0.1, 0.15) is 117 Å². The van der Waals surface area contributed by atoms with E-state index in [4.69, 9.17) is 9.57 Å². The molecule has 47 heavy (non-hydrogen) atoms. The van der Waals surface area contributed by atoms with Crippen LogP contribution in [0.5, 0.6) is 0 Å². The summed E-state index contributed by atoms with van der Waals surface area (Å²) in [5.74, 6) is -2.00. The Morgan fingerprint density at radius 3 is 2.32 bits per heavy atom. The topological polar surface area (TPSA) is 173 Å². The summed E-state index contributed by atoms with van der Waals surface area (Å²) in [6.45, 7) is 4.13. The van der Waals surface area contributed by atoms with Crippen LogP contribution in [0.2, 0.25) is 0 Å². The molecule has 0 radical (unpaired) electrons. The average Bonchev–Trinajstić information content (AvgIpc) is 3.51. The molecular formula is C35H48N2O10. The van der Waals surface area contributed by atoms with Crippen molar-refractivity contribution in [3.63, 3.8) is 0 Å². The molecule has 12 nitrogen and oxygen atoms in total. The summed E-state index contributed by atoms with van der Waals surface area (Å²) < 4.78 is 5.24. The highest BCUT2D eigenvalue weighted by molar-refractivity contribution is 6.01. The maximum absolute atomic E-state index is 13.4. The SMILES string of the molecule is C[C@]12CCC(=O)C=C1CC[C@@H]1C2CC[C@@]2(C)C1CC[C@]2(O)C(=O)COC(=O)CCC(=O)NCCCCCC(=O)ON1C(=O)CCC1=O. The number of nitrogens with zero attached hydrogens (tertiary/aromatic N) is 1. The van der Waals surface area contributed by atoms with Gasteiger partial charge in [-0.15, -0.1) is 5.06 Å². The molecule has 6 atom stereocenters. The van der Waals surface area contributed by atoms with Crippen LogP contribution in [0.25, 0.3) is 0 Å². The van der Waals surface area contributed by atoms with Crippen LogP contribution in [-0.2, 0) is 43.1 Å². The predicted molar refractivity (Wildman–Crippen MR) is 166 cm³/mol. The lowest BCUT2D eigenvalue weighted by atomic mass is 9.46. The minimum Gasteiger partial charge on any atom is -0.458 e. The number of amides is 3. The van der Waals surface area contributed by atoms with Crippen molar-refractivity contribution in [2.24, 2.45) is 28.6 Å². The third-order valence-electron chi connectivity index (χ3n) is 12.1. The van der Waals surface area contributed by atoms with Crippen molar-refractivity contribution in [2.75, 3.05) is 13.2 Å². The smallest absolute Gasteiger partial charge is 0.333 e. The number of esters is 1. The first-order chi connectivity index (χ1) is 22.3. The van der Waals surface area contributed by atoms with Gasteiger partial charge in [-0.25, -0.2) is 4.79 Å². The number of Topliss-reactive ketones (excluding diaryl/α,β-unsaturated/α-hetero) is 1. The van der Waals surface area contributed by atoms with Gasteiger partial charge in [0.15, 0.2) is 12.4 Å². The summed E-state index contributed by atoms with van der Waals surface area (Å²) >= 11 is 0. The highest BCUT2D eigenvalue weighted by Crippen LogP contribution is 2.67. The Morgan fingerprint density at radius 1 is 0.851 bits per heavy atom. The van der Waals surface area contributed by atoms with Crippen LogP contribution in [0.15, 0.2) is 11.6 Å². The summed E-state index contributed by atoms with van der Waals surface area (Å²) in [5.41, 5.74) is -0.900. The molecule has 3 amide bonds. The number of unbranched alkanes of at least 4 members (excludes halogenated alkanes) is 2. The van der Waals surface area contributed by atoms with Crippen molar-refractivity contribution < 1.29 is 48.2 Å². The van der Waals surface area contributed by atoms with E-state index in [1.54, 1.807) is 0 Å². The first kappa shape index (κ1) is 34.9. The van der Waals surface area contributed by atoms with Crippen molar-refractivity contribution in [3.8, 4) is 0 Å². The van der Waals surface area contributed by atoms with Crippen molar-refractivity contribution >= 4 is 41.2 Å². The molecule has 1 aliphatic heterocycles. The number of carbonyl (C=O) groups is 7. The Kier molecular flexibility index (Phi) is 10.4. The van der Waals surface area contributed by atoms with Crippen molar-refractivity contribution in [2.45, 2.75) is 122 Å². The van der Waals surface area contributed by atoms with E-state index in [1.807, 2.05) is 13.0 Å². The highest BCUT2D eigenvalue weighted by atomic mass is 16.7. The molecule has 0 spiro atoms. The molecule has 4 fully saturated rings. The molecule has 5 aliphatic rings. The van der Waals surface area contributed by atoms with Gasteiger partial charge in [0.1, 0.15) is 5.60 Å². The monoisotopic (exact) mass is 656 g/mol. The van der Waals surface area contributed by atoms with E-state index in [0.717, 1.165) is 32.1 Å². The Labute approximate surface area is 275 Å². The fourth-order valence-electron chi connectivity index (χ4n) is 9.28. The van der Waals surface area contributed by atoms with Gasteiger partial charge in [0.25, 0.3) is 11.8 Å². The first-order valence-corrected chi connectivity index (χ1v) is 17.3. The number of aliphatic hydroxyl groups is 1. The molecule has 0 aromatic carbocycles. The molecule has 12 heteroatoms. The van der Waals surface area contributed by atoms with Gasteiger partial charge in [-0.2, -0.15) is 0 Å². The molecule has 1 heterocycles. The first-order valence-electron chi connectivity index (χ1n) is 17.3. The van der Waals surface area contributed by atoms with Crippen LogP contribution >= 0.6 is 0 Å². The maximum Gasteiger partial charge on any atom is 0.333 e. The Balaban J connectivity index is 0.990. The lowest BCUT2D eigenvalue weighted by Crippen LogP contribution is -2.58. The van der Waals surface area contributed by atoms with E-state index in [2.05, 4.69) is 12.2 Å². The fourth-order valence-corrected chi connectivity index (χ4v) is 9.28. The lowest BCUT2D eigenvalue weighted by Gasteiger charge is -2.58. The molecule has 0 bridgehead atoms. The number of imide groups is 1. The Morgan fingerprint density at radius 2 is 1.57 bits per heavy atom. The van der Waals surface area contributed by atoms with Crippen LogP contribution in [0.4, 0.5) is 0 Å². The zero-order chi connectivity index (χ0) is 34.0. The summed E-state index contributed by atoms with van der Waals surface area (Å²) in [6.07, 6.45) is 9.29. The zero-order valence-electron chi connectivity index (χ0n) is 27.6. The van der Waals surface area contributed by atoms with E-state index >= 15 is 0 Å². The summed E-state index contributed by atoms with van der Waals surface area (Å²) in [7, 11) is 0. The molecule has 3 saturated carbocycles. The van der Waals surface area contributed by atoms with Crippen molar-refractivity contribution in [3.05, 3.63) is 11.6 Å². The third-order valence-corrected chi connectivity index (χ3v) is 12.1. The molecule has 0 aromatic rings. The molecule has 0 aromatic heterocycles. The summed E-state index contributed by atoms with van der Waals surface area (Å²) in [5, 5.41) is 15.1. The molecule has 1 saturated heterocycles. The number of nitrogens with one attached hydrogen (secondary N) is 1. The largest absolute Gasteiger partial charge is 0.458 e. The quantitative estimate of drug-likeness (QED) is 0.170. The second kappa shape index (κ2) is 14.0. The second-order valence-corrected chi connectivity index (χ2v) is 14.6. The van der Waals surface area contributed by atoms with Crippen LogP contribution in [-0.4, -0.2) is 70.1 Å². The predicted octanol–water partition coefficient (Wildman–Crippen LogP) is 3.43. The number of allylic oxidation sites excluding steroid dienone is 1. The van der Waals surface area contributed by atoms with Gasteiger partial charge in [0.05, 0.1) is 6.42 Å². The molecule has 2 N–H and O–H groups in total. The van der Waals surface area contributed by atoms with Gasteiger partial charge >= 0.3 is 11.9 Å². The highest BCUT2D eigenvalue weighted by Gasteiger charge is 2.66. The lowest BCUT2D eigenvalue weighted by molar-refractivity contribution is -0.197. The van der Waals surface area contributed by atoms with Gasteiger partial charge in [-0.1, -0.05) is 25.8 Å². The van der Waals surface area contributed by atoms with Gasteiger partial charge in [0, 0.05) is 44.1 Å². The number of rotatable bonds is 13. The minimum atomic E-state index is -1.57. The molecular weight excluding hydrogens is 608 g/mol. The molecule has 258 valence electrons. The number of ketones is 2. The number of hydroxylamine groups is 2. The van der Waals surface area contributed by atoms with E-state index in [1.165, 1.54) is 5.57 Å². The summed E-state index contributed by atoms with van der Waals surface area (Å²) in [4.78, 5) is 89.8. The molecule has 2 unspecified atom stereocenters. The van der Waals surface area contributed by atoms with Crippen molar-refractivity contribution in [1.82, 2.24) is 10.4 Å². The number of ether oxygens (including phenoxy) is 1. The zero-order valence-corrected chi connectivity index (χ0v) is 27.6. The van der Waals surface area contributed by atoms with Crippen LogP contribution in [0.3, 0.4) is 0 Å². The average molecular weight is 657 g/mol. The van der Waals surface area contributed by atoms with E-state index in [-0.39, 0.29) is 55.1 Å². The Bertz CT molecular complexity index is 1340. The van der Waals surface area contributed by atoms with Crippen LogP contribution < -0.4 is 5.32 Å².